The normalized spacial score (nSPS) is 21.8. The first kappa shape index (κ1) is 24.2. The third kappa shape index (κ3) is 4.70. The number of hydrogen-bond acceptors (Lipinski definition) is 5. The van der Waals surface area contributed by atoms with Crippen LogP contribution >= 0.6 is 0 Å². The molecule has 2 aromatic rings. The molecule has 1 aromatic carbocycles. The summed E-state index contributed by atoms with van der Waals surface area (Å²) >= 11 is 0. The molecule has 178 valence electrons. The van der Waals surface area contributed by atoms with Crippen LogP contribution < -0.4 is 20.5 Å². The Morgan fingerprint density at radius 1 is 1.27 bits per heavy atom. The number of nitrogens with one attached hydrogen (secondary N) is 1. The molecular formula is C21H22F4N3O5+. The summed E-state index contributed by atoms with van der Waals surface area (Å²) in [5.74, 6) is -7.23. The fraction of sp³-hybridized carbons (Fsp3) is 0.381. The minimum absolute atomic E-state index is 0.0770. The lowest BCUT2D eigenvalue weighted by atomic mass is 9.78. The number of amides is 2. The second kappa shape index (κ2) is 8.85. The zero-order valence-electron chi connectivity index (χ0n) is 17.8. The maximum Gasteiger partial charge on any atom is 0.387 e. The van der Waals surface area contributed by atoms with Crippen molar-refractivity contribution >= 4 is 17.5 Å². The largest absolute Gasteiger partial charge is 0.431 e. The molecule has 0 unspecified atom stereocenters. The predicted octanol–water partition coefficient (Wildman–Crippen LogP) is 2.73. The van der Waals surface area contributed by atoms with Gasteiger partial charge in [-0.25, -0.2) is 4.39 Å². The molecule has 0 aliphatic carbocycles. The Hall–Kier alpha value is -3.41. The van der Waals surface area contributed by atoms with E-state index in [1.807, 2.05) is 0 Å². The van der Waals surface area contributed by atoms with Crippen LogP contribution in [-0.2, 0) is 9.53 Å². The highest BCUT2D eigenvalue weighted by atomic mass is 19.3. The molecule has 0 bridgehead atoms. The highest BCUT2D eigenvalue weighted by Gasteiger charge is 2.52. The van der Waals surface area contributed by atoms with Gasteiger partial charge in [0.15, 0.2) is 11.6 Å². The molecule has 4 N–H and O–H groups in total. The van der Waals surface area contributed by atoms with Gasteiger partial charge in [0.05, 0.1) is 11.3 Å². The summed E-state index contributed by atoms with van der Waals surface area (Å²) in [5, 5.41) is 12.1. The van der Waals surface area contributed by atoms with Crippen molar-refractivity contribution in [2.24, 2.45) is 11.7 Å². The van der Waals surface area contributed by atoms with Gasteiger partial charge in [0.2, 0.25) is 12.0 Å². The fourth-order valence-electron chi connectivity index (χ4n) is 3.84. The number of halogens is 4. The Morgan fingerprint density at radius 2 is 1.94 bits per heavy atom. The summed E-state index contributed by atoms with van der Waals surface area (Å²) in [5.41, 5.74) is 3.81. The van der Waals surface area contributed by atoms with Crippen LogP contribution in [0.1, 0.15) is 42.7 Å². The zero-order chi connectivity index (χ0) is 24.7. The monoisotopic (exact) mass is 472 g/mol. The van der Waals surface area contributed by atoms with Gasteiger partial charge in [-0.1, -0.05) is 13.0 Å². The van der Waals surface area contributed by atoms with Crippen LogP contribution in [-0.4, -0.2) is 35.3 Å². The SMILES string of the molecule is C[C@@H]1[C@H](c2ccc(F)c(F)c2OC(F)F)[C@@H](C(=O)Nc2cc[n+](O)c(C(N)=O)c2)OC1(C)C. The van der Waals surface area contributed by atoms with Crippen molar-refractivity contribution in [2.75, 3.05) is 5.32 Å². The lowest BCUT2D eigenvalue weighted by molar-refractivity contribution is -0.905. The second-order valence-electron chi connectivity index (χ2n) is 8.11. The van der Waals surface area contributed by atoms with Crippen LogP contribution in [0.15, 0.2) is 30.5 Å². The molecule has 1 aliphatic heterocycles. The van der Waals surface area contributed by atoms with Crippen molar-refractivity contribution in [3.05, 3.63) is 53.4 Å². The van der Waals surface area contributed by atoms with Gasteiger partial charge in [0.1, 0.15) is 6.10 Å². The molecule has 3 rings (SSSR count). The first-order valence-electron chi connectivity index (χ1n) is 9.79. The Balaban J connectivity index is 2.02. The van der Waals surface area contributed by atoms with Crippen LogP contribution in [0.3, 0.4) is 0 Å². The number of benzene rings is 1. The average Bonchev–Trinajstić information content (AvgIpc) is 2.96. The van der Waals surface area contributed by atoms with Crippen LogP contribution in [0.2, 0.25) is 0 Å². The van der Waals surface area contributed by atoms with E-state index in [2.05, 4.69) is 10.1 Å². The van der Waals surface area contributed by atoms with Crippen molar-refractivity contribution in [2.45, 2.75) is 45.0 Å². The third-order valence-corrected chi connectivity index (χ3v) is 5.75. The van der Waals surface area contributed by atoms with Crippen LogP contribution in [0.4, 0.5) is 23.2 Å². The van der Waals surface area contributed by atoms with Gasteiger partial charge in [-0.2, -0.15) is 13.2 Å². The molecule has 1 aromatic heterocycles. The van der Waals surface area contributed by atoms with Gasteiger partial charge >= 0.3 is 18.2 Å². The molecule has 0 saturated carbocycles. The molecule has 0 radical (unpaired) electrons. The van der Waals surface area contributed by atoms with Gasteiger partial charge in [-0.15, -0.1) is 0 Å². The molecule has 1 fully saturated rings. The summed E-state index contributed by atoms with van der Waals surface area (Å²) < 4.78 is 64.6. The molecule has 1 aliphatic rings. The topological polar surface area (TPSA) is 115 Å². The molecule has 2 amide bonds. The number of carbonyl (C=O) groups is 2. The number of hydrogen-bond donors (Lipinski definition) is 3. The molecule has 0 spiro atoms. The summed E-state index contributed by atoms with van der Waals surface area (Å²) in [6.07, 6.45) is -0.252. The standard InChI is InChI=1S/C21H21F4N3O5/c1-9-14(11-4-5-12(22)15(23)16(11)32-20(24)25)17(33-21(9,2)3)19(30)27-10-6-7-28(31)13(8-10)18(26)29/h4-9,14,17,20,31H,1-3H3,(H2,26,29)/p+1/t9-,14-,17+/m1/s1. The van der Waals surface area contributed by atoms with Crippen molar-refractivity contribution < 1.29 is 46.6 Å². The number of rotatable bonds is 6. The number of ether oxygens (including phenoxy) is 2. The van der Waals surface area contributed by atoms with E-state index in [0.29, 0.717) is 4.73 Å². The zero-order valence-corrected chi connectivity index (χ0v) is 17.8. The van der Waals surface area contributed by atoms with Crippen LogP contribution in [0.25, 0.3) is 0 Å². The number of alkyl halides is 2. The molecule has 12 heteroatoms. The first-order chi connectivity index (χ1) is 15.3. The van der Waals surface area contributed by atoms with Crippen molar-refractivity contribution in [1.29, 1.82) is 0 Å². The molecule has 33 heavy (non-hydrogen) atoms. The van der Waals surface area contributed by atoms with Gasteiger partial charge in [0, 0.05) is 28.3 Å². The van der Waals surface area contributed by atoms with E-state index in [9.17, 15) is 32.4 Å². The lowest BCUT2D eigenvalue weighted by Crippen LogP contribution is -2.40. The lowest BCUT2D eigenvalue weighted by Gasteiger charge is -2.26. The summed E-state index contributed by atoms with van der Waals surface area (Å²) in [7, 11) is 0. The summed E-state index contributed by atoms with van der Waals surface area (Å²) in [6, 6.07) is 4.21. The van der Waals surface area contributed by atoms with Crippen molar-refractivity contribution in [3.8, 4) is 5.75 Å². The van der Waals surface area contributed by atoms with E-state index >= 15 is 0 Å². The molecule has 8 nitrogen and oxygen atoms in total. The summed E-state index contributed by atoms with van der Waals surface area (Å²) in [4.78, 5) is 24.5. The number of nitrogens with zero attached hydrogens (tertiary/aromatic N) is 1. The number of aromatic nitrogens is 1. The van der Waals surface area contributed by atoms with Crippen LogP contribution in [0, 0.1) is 17.6 Å². The molecule has 1 saturated heterocycles. The van der Waals surface area contributed by atoms with E-state index in [0.717, 1.165) is 24.4 Å². The third-order valence-electron chi connectivity index (χ3n) is 5.75. The predicted molar refractivity (Wildman–Crippen MR) is 105 cm³/mol. The van der Waals surface area contributed by atoms with Crippen LogP contribution in [0.5, 0.6) is 5.75 Å². The number of nitrogens with two attached hydrogens (primary N) is 1. The minimum Gasteiger partial charge on any atom is -0.431 e. The Bertz CT molecular complexity index is 1100. The number of anilines is 1. The van der Waals surface area contributed by atoms with E-state index < -0.39 is 59.4 Å². The van der Waals surface area contributed by atoms with E-state index in [-0.39, 0.29) is 16.9 Å². The Kier molecular flexibility index (Phi) is 6.50. The van der Waals surface area contributed by atoms with Gasteiger partial charge in [-0.05, 0) is 25.8 Å². The quantitative estimate of drug-likeness (QED) is 0.340. The number of carbonyl (C=O) groups excluding carboxylic acids is 2. The summed E-state index contributed by atoms with van der Waals surface area (Å²) in [6.45, 7) is 1.56. The second-order valence-corrected chi connectivity index (χ2v) is 8.11. The fourth-order valence-corrected chi connectivity index (χ4v) is 3.84. The van der Waals surface area contributed by atoms with Crippen molar-refractivity contribution in [3.63, 3.8) is 0 Å². The highest BCUT2D eigenvalue weighted by Crippen LogP contribution is 2.49. The van der Waals surface area contributed by atoms with E-state index in [4.69, 9.17) is 10.5 Å². The molecule has 2 heterocycles. The molecular weight excluding hydrogens is 450 g/mol. The number of primary amides is 1. The average molecular weight is 472 g/mol. The molecule has 3 atom stereocenters. The first-order valence-corrected chi connectivity index (χ1v) is 9.79. The highest BCUT2D eigenvalue weighted by molar-refractivity contribution is 5.97. The maximum atomic E-state index is 14.4. The maximum absolute atomic E-state index is 14.4. The Labute approximate surface area is 185 Å². The van der Waals surface area contributed by atoms with E-state index in [1.54, 1.807) is 20.8 Å². The number of pyridine rings is 1. The van der Waals surface area contributed by atoms with Crippen molar-refractivity contribution in [1.82, 2.24) is 0 Å². The van der Waals surface area contributed by atoms with Gasteiger partial charge < -0.3 is 20.5 Å². The van der Waals surface area contributed by atoms with E-state index in [1.165, 1.54) is 6.07 Å². The van der Waals surface area contributed by atoms with Gasteiger partial charge in [-0.3, -0.25) is 14.8 Å². The van der Waals surface area contributed by atoms with Gasteiger partial charge in [0.25, 0.3) is 5.91 Å². The minimum atomic E-state index is -3.43. The Morgan fingerprint density at radius 3 is 2.55 bits per heavy atom. The smallest absolute Gasteiger partial charge is 0.387 e.